The van der Waals surface area contributed by atoms with Gasteiger partial charge in [0.15, 0.2) is 0 Å². The lowest BCUT2D eigenvalue weighted by molar-refractivity contribution is -0.133. The van der Waals surface area contributed by atoms with Crippen LogP contribution in [0.1, 0.15) is 36.3 Å². The van der Waals surface area contributed by atoms with Crippen LogP contribution in [0.5, 0.6) is 0 Å². The molecule has 1 aliphatic rings. The molecule has 1 aromatic heterocycles. The lowest BCUT2D eigenvalue weighted by Gasteiger charge is -2.33. The number of likely N-dealkylation sites (N-methyl/N-ethyl adjacent to an activating group) is 1. The number of rotatable bonds is 6. The van der Waals surface area contributed by atoms with Gasteiger partial charge in [-0.1, -0.05) is 42.5 Å². The molecule has 1 atom stereocenters. The van der Waals surface area contributed by atoms with Gasteiger partial charge in [0.05, 0.1) is 21.8 Å². The maximum atomic E-state index is 12.9. The summed E-state index contributed by atoms with van der Waals surface area (Å²) >= 11 is 1.80. The molecule has 1 aliphatic heterocycles. The van der Waals surface area contributed by atoms with Gasteiger partial charge in [0.2, 0.25) is 5.91 Å². The number of amides is 1. The molecule has 0 saturated carbocycles. The van der Waals surface area contributed by atoms with Crippen molar-refractivity contribution in [2.45, 2.75) is 32.2 Å². The standard InChI is InChI=1S/C23H27N3OS/c1-2-26(15-18-9-4-3-5-10-18)22(27)17-25-14-8-11-19(16-25)23-24-20-12-6-7-13-21(20)28-23/h3-7,9-10,12-13,19H,2,8,11,14-17H2,1H3/t19-/m1/s1. The molecule has 0 aliphatic carbocycles. The number of piperidine rings is 1. The van der Waals surface area contributed by atoms with Crippen LogP contribution in [0.4, 0.5) is 0 Å². The lowest BCUT2D eigenvalue weighted by atomic mass is 9.98. The van der Waals surface area contributed by atoms with Crippen molar-refractivity contribution in [3.8, 4) is 0 Å². The van der Waals surface area contributed by atoms with E-state index in [1.165, 1.54) is 15.3 Å². The van der Waals surface area contributed by atoms with E-state index in [0.29, 0.717) is 19.0 Å². The van der Waals surface area contributed by atoms with E-state index in [0.717, 1.165) is 38.0 Å². The van der Waals surface area contributed by atoms with Crippen molar-refractivity contribution in [2.75, 3.05) is 26.2 Å². The number of thiazole rings is 1. The molecule has 1 fully saturated rings. The van der Waals surface area contributed by atoms with E-state index in [2.05, 4.69) is 42.2 Å². The second-order valence-electron chi connectivity index (χ2n) is 7.49. The molecule has 5 heteroatoms. The number of fused-ring (bicyclic) bond motifs is 1. The Kier molecular flexibility index (Phi) is 6.03. The van der Waals surface area contributed by atoms with E-state index in [9.17, 15) is 4.79 Å². The molecule has 3 aromatic rings. The van der Waals surface area contributed by atoms with Crippen LogP contribution >= 0.6 is 11.3 Å². The molecular formula is C23H27N3OS. The maximum Gasteiger partial charge on any atom is 0.237 e. The first-order chi connectivity index (χ1) is 13.7. The Balaban J connectivity index is 1.39. The SMILES string of the molecule is CCN(Cc1ccccc1)C(=O)CN1CCC[C@@H](c2nc3ccccc3s2)C1. The number of para-hydroxylation sites is 1. The number of hydrogen-bond donors (Lipinski definition) is 0. The highest BCUT2D eigenvalue weighted by molar-refractivity contribution is 7.18. The number of nitrogens with zero attached hydrogens (tertiary/aromatic N) is 3. The van der Waals surface area contributed by atoms with E-state index in [4.69, 9.17) is 4.98 Å². The number of carbonyl (C=O) groups is 1. The molecule has 1 saturated heterocycles. The van der Waals surface area contributed by atoms with Crippen molar-refractivity contribution in [1.29, 1.82) is 0 Å². The van der Waals surface area contributed by atoms with Crippen LogP contribution in [-0.4, -0.2) is 46.9 Å². The number of likely N-dealkylation sites (tertiary alicyclic amines) is 1. The van der Waals surface area contributed by atoms with Gasteiger partial charge in [-0.15, -0.1) is 11.3 Å². The van der Waals surface area contributed by atoms with Gasteiger partial charge in [0.25, 0.3) is 0 Å². The van der Waals surface area contributed by atoms with Crippen LogP contribution in [0.15, 0.2) is 54.6 Å². The molecule has 0 unspecified atom stereocenters. The number of carbonyl (C=O) groups excluding carboxylic acids is 1. The summed E-state index contributed by atoms with van der Waals surface area (Å²) in [7, 11) is 0. The first-order valence-electron chi connectivity index (χ1n) is 10.1. The average molecular weight is 394 g/mol. The summed E-state index contributed by atoms with van der Waals surface area (Å²) in [6.07, 6.45) is 2.28. The zero-order valence-corrected chi connectivity index (χ0v) is 17.2. The quantitative estimate of drug-likeness (QED) is 0.618. The van der Waals surface area contributed by atoms with Crippen molar-refractivity contribution >= 4 is 27.5 Å². The smallest absolute Gasteiger partial charge is 0.237 e. The fraction of sp³-hybridized carbons (Fsp3) is 0.391. The Morgan fingerprint density at radius 1 is 1.18 bits per heavy atom. The van der Waals surface area contributed by atoms with Crippen LogP contribution in [-0.2, 0) is 11.3 Å². The van der Waals surface area contributed by atoms with Gasteiger partial charge in [-0.25, -0.2) is 4.98 Å². The normalized spacial score (nSPS) is 17.7. The van der Waals surface area contributed by atoms with Gasteiger partial charge < -0.3 is 4.90 Å². The second-order valence-corrected chi connectivity index (χ2v) is 8.55. The monoisotopic (exact) mass is 393 g/mol. The third-order valence-corrected chi connectivity index (χ3v) is 6.67. The predicted molar refractivity (Wildman–Crippen MR) is 116 cm³/mol. The van der Waals surface area contributed by atoms with Gasteiger partial charge >= 0.3 is 0 Å². The third kappa shape index (κ3) is 4.42. The van der Waals surface area contributed by atoms with E-state index >= 15 is 0 Å². The second kappa shape index (κ2) is 8.84. The molecule has 2 aromatic carbocycles. The molecule has 1 amide bonds. The highest BCUT2D eigenvalue weighted by Gasteiger charge is 2.26. The number of benzene rings is 2. The lowest BCUT2D eigenvalue weighted by Crippen LogP contribution is -2.43. The Morgan fingerprint density at radius 3 is 2.75 bits per heavy atom. The van der Waals surface area contributed by atoms with E-state index in [-0.39, 0.29) is 5.91 Å². The first-order valence-corrected chi connectivity index (χ1v) is 10.9. The van der Waals surface area contributed by atoms with Crippen molar-refractivity contribution in [1.82, 2.24) is 14.8 Å². The minimum Gasteiger partial charge on any atom is -0.338 e. The Hall–Kier alpha value is -2.24. The minimum absolute atomic E-state index is 0.219. The summed E-state index contributed by atoms with van der Waals surface area (Å²) in [4.78, 5) is 22.0. The van der Waals surface area contributed by atoms with Gasteiger partial charge in [-0.3, -0.25) is 9.69 Å². The fourth-order valence-corrected chi connectivity index (χ4v) is 5.03. The molecule has 28 heavy (non-hydrogen) atoms. The molecule has 2 heterocycles. The van der Waals surface area contributed by atoms with Crippen LogP contribution in [0.25, 0.3) is 10.2 Å². The molecule has 0 spiro atoms. The Labute approximate surface area is 170 Å². The highest BCUT2D eigenvalue weighted by Crippen LogP contribution is 2.32. The summed E-state index contributed by atoms with van der Waals surface area (Å²) < 4.78 is 1.26. The molecule has 4 rings (SSSR count). The van der Waals surface area contributed by atoms with Crippen LogP contribution < -0.4 is 0 Å². The Bertz CT molecular complexity index is 891. The van der Waals surface area contributed by atoms with Gasteiger partial charge in [0, 0.05) is 25.6 Å². The van der Waals surface area contributed by atoms with Crippen molar-refractivity contribution in [3.05, 3.63) is 65.2 Å². The maximum absolute atomic E-state index is 12.9. The highest BCUT2D eigenvalue weighted by atomic mass is 32.1. The van der Waals surface area contributed by atoms with Crippen molar-refractivity contribution < 1.29 is 4.79 Å². The summed E-state index contributed by atoms with van der Waals surface area (Å²) in [5, 5.41) is 1.22. The topological polar surface area (TPSA) is 36.4 Å². The fourth-order valence-electron chi connectivity index (χ4n) is 3.94. The average Bonchev–Trinajstić information content (AvgIpc) is 3.17. The van der Waals surface area contributed by atoms with Gasteiger partial charge in [-0.05, 0) is 44.0 Å². The van der Waals surface area contributed by atoms with Crippen molar-refractivity contribution in [2.24, 2.45) is 0 Å². The third-order valence-electron chi connectivity index (χ3n) is 5.47. The number of aromatic nitrogens is 1. The van der Waals surface area contributed by atoms with Crippen molar-refractivity contribution in [3.63, 3.8) is 0 Å². The summed E-state index contributed by atoms with van der Waals surface area (Å²) in [6.45, 7) is 5.90. The summed E-state index contributed by atoms with van der Waals surface area (Å²) in [6, 6.07) is 18.6. The molecule has 4 nitrogen and oxygen atoms in total. The predicted octanol–water partition coefficient (Wildman–Crippen LogP) is 4.52. The molecule has 146 valence electrons. The van der Waals surface area contributed by atoms with Gasteiger partial charge in [0.1, 0.15) is 0 Å². The first kappa shape index (κ1) is 19.1. The van der Waals surface area contributed by atoms with E-state index < -0.39 is 0 Å². The molecule has 0 radical (unpaired) electrons. The zero-order chi connectivity index (χ0) is 19.3. The van der Waals surface area contributed by atoms with Crippen LogP contribution in [0.2, 0.25) is 0 Å². The van der Waals surface area contributed by atoms with Gasteiger partial charge in [-0.2, -0.15) is 0 Å². The molecular weight excluding hydrogens is 366 g/mol. The molecule has 0 N–H and O–H groups in total. The van der Waals surface area contributed by atoms with E-state index in [1.807, 2.05) is 29.2 Å². The summed E-state index contributed by atoms with van der Waals surface area (Å²) in [5.41, 5.74) is 2.28. The Morgan fingerprint density at radius 2 is 1.96 bits per heavy atom. The molecule has 0 bridgehead atoms. The summed E-state index contributed by atoms with van der Waals surface area (Å²) in [5.74, 6) is 0.652. The number of hydrogen-bond acceptors (Lipinski definition) is 4. The zero-order valence-electron chi connectivity index (χ0n) is 16.4. The van der Waals surface area contributed by atoms with E-state index in [1.54, 1.807) is 11.3 Å². The van der Waals surface area contributed by atoms with Crippen LogP contribution in [0, 0.1) is 0 Å². The minimum atomic E-state index is 0.219. The largest absolute Gasteiger partial charge is 0.338 e. The van der Waals surface area contributed by atoms with Crippen LogP contribution in [0.3, 0.4) is 0 Å².